The second-order valence-corrected chi connectivity index (χ2v) is 7.04. The van der Waals surface area contributed by atoms with Crippen molar-refractivity contribution >= 4 is 22.8 Å². The van der Waals surface area contributed by atoms with Gasteiger partial charge < -0.3 is 15.0 Å². The van der Waals surface area contributed by atoms with Crippen LogP contribution in [0.3, 0.4) is 0 Å². The molecule has 1 aromatic heterocycles. The summed E-state index contributed by atoms with van der Waals surface area (Å²) in [6, 6.07) is 7.97. The van der Waals surface area contributed by atoms with Crippen LogP contribution in [0.25, 0.3) is 10.9 Å². The summed E-state index contributed by atoms with van der Waals surface area (Å²) in [5.74, 6) is 0.164. The standard InChI is InChI=1S/C20H28N2O3/c1-13(2)11-19(23)21-10-9-16-15-7-5-6-8-17(15)22-18(16)12-20(24)25-14(3)4/h5-8,13-14,22H,9-12H2,1-4H3,(H,21,23). The predicted octanol–water partition coefficient (Wildman–Crippen LogP) is 3.37. The van der Waals surface area contributed by atoms with Crippen LogP contribution < -0.4 is 5.32 Å². The Morgan fingerprint density at radius 1 is 1.16 bits per heavy atom. The van der Waals surface area contributed by atoms with Gasteiger partial charge in [-0.2, -0.15) is 0 Å². The van der Waals surface area contributed by atoms with Gasteiger partial charge in [0.15, 0.2) is 0 Å². The number of amides is 1. The van der Waals surface area contributed by atoms with Crippen LogP contribution in [-0.2, 0) is 27.2 Å². The number of benzene rings is 1. The number of para-hydroxylation sites is 1. The van der Waals surface area contributed by atoms with Gasteiger partial charge in [-0.1, -0.05) is 32.0 Å². The monoisotopic (exact) mass is 344 g/mol. The molecular formula is C20H28N2O3. The molecule has 2 aromatic rings. The summed E-state index contributed by atoms with van der Waals surface area (Å²) in [7, 11) is 0. The summed E-state index contributed by atoms with van der Waals surface area (Å²) >= 11 is 0. The number of carbonyl (C=O) groups is 2. The summed E-state index contributed by atoms with van der Waals surface area (Å²) in [5.41, 5.74) is 2.93. The molecular weight excluding hydrogens is 316 g/mol. The lowest BCUT2D eigenvalue weighted by Gasteiger charge is -2.10. The van der Waals surface area contributed by atoms with E-state index in [1.165, 1.54) is 0 Å². The maximum Gasteiger partial charge on any atom is 0.312 e. The van der Waals surface area contributed by atoms with Crippen LogP contribution in [0, 0.1) is 5.92 Å². The summed E-state index contributed by atoms with van der Waals surface area (Å²) in [5, 5.41) is 4.05. The van der Waals surface area contributed by atoms with Gasteiger partial charge >= 0.3 is 5.97 Å². The number of fused-ring (bicyclic) bond motifs is 1. The van der Waals surface area contributed by atoms with Crippen molar-refractivity contribution in [1.82, 2.24) is 10.3 Å². The zero-order valence-corrected chi connectivity index (χ0v) is 15.5. The van der Waals surface area contributed by atoms with Crippen LogP contribution in [0.5, 0.6) is 0 Å². The van der Waals surface area contributed by atoms with E-state index in [0.29, 0.717) is 25.3 Å². The van der Waals surface area contributed by atoms with Crippen molar-refractivity contribution in [2.45, 2.75) is 53.1 Å². The largest absolute Gasteiger partial charge is 0.463 e. The van der Waals surface area contributed by atoms with Crippen LogP contribution in [0.2, 0.25) is 0 Å². The first kappa shape index (κ1) is 19.0. The predicted molar refractivity (Wildman–Crippen MR) is 99.4 cm³/mol. The van der Waals surface area contributed by atoms with Gasteiger partial charge in [0.1, 0.15) is 0 Å². The quantitative estimate of drug-likeness (QED) is 0.721. The Balaban J connectivity index is 2.11. The maximum atomic E-state index is 12.0. The first-order valence-electron chi connectivity index (χ1n) is 8.91. The molecule has 0 bridgehead atoms. The van der Waals surface area contributed by atoms with Crippen LogP contribution >= 0.6 is 0 Å². The minimum absolute atomic E-state index is 0.0654. The number of nitrogens with one attached hydrogen (secondary N) is 2. The van der Waals surface area contributed by atoms with Gasteiger partial charge in [-0.15, -0.1) is 0 Å². The van der Waals surface area contributed by atoms with E-state index in [1.807, 2.05) is 52.0 Å². The van der Waals surface area contributed by atoms with Gasteiger partial charge in [-0.05, 0) is 37.8 Å². The Labute approximate surface area is 149 Å². The zero-order valence-electron chi connectivity index (χ0n) is 15.5. The fraction of sp³-hybridized carbons (Fsp3) is 0.500. The number of hydrogen-bond acceptors (Lipinski definition) is 3. The molecule has 0 fully saturated rings. The number of aromatic amines is 1. The average molecular weight is 344 g/mol. The van der Waals surface area contributed by atoms with E-state index in [0.717, 1.165) is 22.2 Å². The van der Waals surface area contributed by atoms with Crippen molar-refractivity contribution in [3.05, 3.63) is 35.5 Å². The van der Waals surface area contributed by atoms with Crippen molar-refractivity contribution in [2.75, 3.05) is 6.54 Å². The van der Waals surface area contributed by atoms with Crippen molar-refractivity contribution in [2.24, 2.45) is 5.92 Å². The molecule has 0 saturated heterocycles. The van der Waals surface area contributed by atoms with Gasteiger partial charge in [0.25, 0.3) is 0 Å². The zero-order chi connectivity index (χ0) is 18.4. The normalized spacial score (nSPS) is 11.3. The summed E-state index contributed by atoms with van der Waals surface area (Å²) < 4.78 is 5.26. The molecule has 0 saturated carbocycles. The molecule has 0 aliphatic carbocycles. The Morgan fingerprint density at radius 3 is 2.56 bits per heavy atom. The Kier molecular flexibility index (Phi) is 6.62. The second kappa shape index (κ2) is 8.70. The number of esters is 1. The minimum atomic E-state index is -0.244. The van der Waals surface area contributed by atoms with Crippen molar-refractivity contribution in [1.29, 1.82) is 0 Å². The highest BCUT2D eigenvalue weighted by Crippen LogP contribution is 2.23. The van der Waals surface area contributed by atoms with Crippen LogP contribution in [0.4, 0.5) is 0 Å². The highest BCUT2D eigenvalue weighted by Gasteiger charge is 2.16. The van der Waals surface area contributed by atoms with Gasteiger partial charge in [0.05, 0.1) is 12.5 Å². The number of rotatable bonds is 8. The molecule has 5 nitrogen and oxygen atoms in total. The molecule has 25 heavy (non-hydrogen) atoms. The lowest BCUT2D eigenvalue weighted by atomic mass is 10.1. The Hall–Kier alpha value is -2.30. The SMILES string of the molecule is CC(C)CC(=O)NCCc1c(CC(=O)OC(C)C)[nH]c2ccccc12. The van der Waals surface area contributed by atoms with E-state index in [2.05, 4.69) is 10.3 Å². The highest BCUT2D eigenvalue weighted by molar-refractivity contribution is 5.86. The van der Waals surface area contributed by atoms with E-state index in [9.17, 15) is 9.59 Å². The van der Waals surface area contributed by atoms with Crippen LogP contribution in [0.1, 0.15) is 45.4 Å². The number of carbonyl (C=O) groups excluding carboxylic acids is 2. The third-order valence-electron chi connectivity index (χ3n) is 3.88. The lowest BCUT2D eigenvalue weighted by molar-refractivity contribution is -0.146. The van der Waals surface area contributed by atoms with E-state index in [4.69, 9.17) is 4.74 Å². The summed E-state index contributed by atoms with van der Waals surface area (Å²) in [6.07, 6.45) is 1.29. The number of ether oxygens (including phenoxy) is 1. The molecule has 1 amide bonds. The molecule has 1 heterocycles. The van der Waals surface area contributed by atoms with Crippen molar-refractivity contribution in [3.63, 3.8) is 0 Å². The summed E-state index contributed by atoms with van der Waals surface area (Å²) in [4.78, 5) is 27.2. The molecule has 1 aromatic carbocycles. The third-order valence-corrected chi connectivity index (χ3v) is 3.88. The molecule has 0 aliphatic heterocycles. The molecule has 0 atom stereocenters. The Bertz CT molecular complexity index is 732. The highest BCUT2D eigenvalue weighted by atomic mass is 16.5. The molecule has 2 rings (SSSR count). The topological polar surface area (TPSA) is 71.2 Å². The fourth-order valence-electron chi connectivity index (χ4n) is 2.91. The lowest BCUT2D eigenvalue weighted by Crippen LogP contribution is -2.26. The summed E-state index contributed by atoms with van der Waals surface area (Å²) in [6.45, 7) is 8.29. The van der Waals surface area contributed by atoms with E-state index < -0.39 is 0 Å². The van der Waals surface area contributed by atoms with Gasteiger partial charge in [-0.25, -0.2) is 0 Å². The molecule has 0 spiro atoms. The molecule has 136 valence electrons. The average Bonchev–Trinajstić information content (AvgIpc) is 2.83. The first-order valence-corrected chi connectivity index (χ1v) is 8.91. The van der Waals surface area contributed by atoms with Crippen LogP contribution in [0.15, 0.2) is 24.3 Å². The molecule has 5 heteroatoms. The molecule has 0 radical (unpaired) electrons. The van der Waals surface area contributed by atoms with E-state index >= 15 is 0 Å². The third kappa shape index (κ3) is 5.62. The molecule has 0 unspecified atom stereocenters. The Morgan fingerprint density at radius 2 is 1.88 bits per heavy atom. The first-order chi connectivity index (χ1) is 11.9. The van der Waals surface area contributed by atoms with E-state index in [-0.39, 0.29) is 24.4 Å². The van der Waals surface area contributed by atoms with Gasteiger partial charge in [0.2, 0.25) is 5.91 Å². The number of H-pyrrole nitrogens is 1. The second-order valence-electron chi connectivity index (χ2n) is 7.04. The van der Waals surface area contributed by atoms with Crippen LogP contribution in [-0.4, -0.2) is 29.5 Å². The van der Waals surface area contributed by atoms with Crippen molar-refractivity contribution < 1.29 is 14.3 Å². The number of hydrogen-bond donors (Lipinski definition) is 2. The van der Waals surface area contributed by atoms with Gasteiger partial charge in [0, 0.05) is 29.6 Å². The number of aromatic nitrogens is 1. The van der Waals surface area contributed by atoms with Crippen molar-refractivity contribution in [3.8, 4) is 0 Å². The molecule has 2 N–H and O–H groups in total. The maximum absolute atomic E-state index is 12.0. The van der Waals surface area contributed by atoms with Gasteiger partial charge in [-0.3, -0.25) is 9.59 Å². The molecule has 0 aliphatic rings. The van der Waals surface area contributed by atoms with E-state index in [1.54, 1.807) is 0 Å². The fourth-order valence-corrected chi connectivity index (χ4v) is 2.91. The minimum Gasteiger partial charge on any atom is -0.463 e. The smallest absolute Gasteiger partial charge is 0.312 e.